The van der Waals surface area contributed by atoms with Crippen LogP contribution in [0.2, 0.25) is 0 Å². The number of halogens is 3. The van der Waals surface area contributed by atoms with Gasteiger partial charge in [0.05, 0.1) is 6.21 Å². The van der Waals surface area contributed by atoms with E-state index in [1.807, 2.05) is 6.92 Å². The van der Waals surface area contributed by atoms with Gasteiger partial charge in [-0.05, 0) is 24.1 Å². The summed E-state index contributed by atoms with van der Waals surface area (Å²) < 4.78 is 41.1. The molecule has 140 valence electrons. The zero-order chi connectivity index (χ0) is 20.3. The van der Waals surface area contributed by atoms with Crippen LogP contribution in [0.3, 0.4) is 0 Å². The minimum atomic E-state index is -4.83. The number of pyridine rings is 1. The molecule has 7 heteroatoms. The van der Waals surface area contributed by atoms with Crippen LogP contribution in [-0.4, -0.2) is 10.9 Å². The van der Waals surface area contributed by atoms with Crippen LogP contribution in [0.15, 0.2) is 70.6 Å². The molecule has 0 saturated carbocycles. The zero-order valence-corrected chi connectivity index (χ0v) is 14.7. The fourth-order valence-electron chi connectivity index (χ4n) is 2.65. The number of nitrogens with zero attached hydrogens (tertiary/aromatic N) is 3. The first kappa shape index (κ1) is 19.1. The number of benzene rings is 2. The summed E-state index contributed by atoms with van der Waals surface area (Å²) in [5.41, 5.74) is -1.08. The van der Waals surface area contributed by atoms with Crippen molar-refractivity contribution >= 4 is 6.21 Å². The molecule has 0 aliphatic rings. The van der Waals surface area contributed by atoms with E-state index in [1.165, 1.54) is 0 Å². The van der Waals surface area contributed by atoms with Crippen molar-refractivity contribution < 1.29 is 13.2 Å². The van der Waals surface area contributed by atoms with Crippen LogP contribution in [-0.2, 0) is 6.18 Å². The molecule has 0 atom stereocenters. The molecule has 1 heterocycles. The average molecular weight is 381 g/mol. The van der Waals surface area contributed by atoms with E-state index in [-0.39, 0.29) is 10.2 Å². The minimum Gasteiger partial charge on any atom is -0.266 e. The molecule has 1 aromatic heterocycles. The lowest BCUT2D eigenvalue weighted by atomic mass is 10.00. The molecule has 0 amide bonds. The van der Waals surface area contributed by atoms with Crippen molar-refractivity contribution in [3.05, 3.63) is 93.4 Å². The monoisotopic (exact) mass is 381 g/mol. The normalized spacial score (nSPS) is 11.5. The van der Waals surface area contributed by atoms with Crippen LogP contribution in [0.4, 0.5) is 13.2 Å². The Hall–Kier alpha value is -3.66. The fraction of sp³-hybridized carbons (Fsp3) is 0.0952. The van der Waals surface area contributed by atoms with Gasteiger partial charge >= 0.3 is 6.18 Å². The van der Waals surface area contributed by atoms with Gasteiger partial charge in [0.2, 0.25) is 0 Å². The van der Waals surface area contributed by atoms with Crippen molar-refractivity contribution in [2.75, 3.05) is 0 Å². The largest absolute Gasteiger partial charge is 0.433 e. The van der Waals surface area contributed by atoms with E-state index < -0.39 is 23.0 Å². The van der Waals surface area contributed by atoms with E-state index in [0.29, 0.717) is 11.1 Å². The Kier molecular flexibility index (Phi) is 5.14. The van der Waals surface area contributed by atoms with Gasteiger partial charge in [-0.15, -0.1) is 0 Å². The summed E-state index contributed by atoms with van der Waals surface area (Å²) in [5.74, 6) is 0. The molecule has 0 radical (unpaired) electrons. The molecule has 0 spiro atoms. The van der Waals surface area contributed by atoms with Crippen molar-refractivity contribution in [3.8, 4) is 17.2 Å². The number of aromatic nitrogens is 1. The Balaban J connectivity index is 2.25. The molecule has 4 nitrogen and oxygen atoms in total. The van der Waals surface area contributed by atoms with E-state index in [4.69, 9.17) is 0 Å². The summed E-state index contributed by atoms with van der Waals surface area (Å²) in [7, 11) is 0. The number of hydrogen-bond acceptors (Lipinski definition) is 3. The van der Waals surface area contributed by atoms with Gasteiger partial charge in [0.25, 0.3) is 5.56 Å². The first-order chi connectivity index (χ1) is 13.3. The highest BCUT2D eigenvalue weighted by Crippen LogP contribution is 2.32. The van der Waals surface area contributed by atoms with Gasteiger partial charge in [-0.3, -0.25) is 4.79 Å². The Morgan fingerprint density at radius 1 is 1.07 bits per heavy atom. The van der Waals surface area contributed by atoms with E-state index in [9.17, 15) is 23.2 Å². The first-order valence-electron chi connectivity index (χ1n) is 8.25. The average Bonchev–Trinajstić information content (AvgIpc) is 2.67. The number of aryl methyl sites for hydroxylation is 1. The SMILES string of the molecule is Cc1ccc(-c2cc(C(F)(F)F)n(/N=C/c3ccccc3)c(=O)c2C#N)cc1. The second-order valence-corrected chi connectivity index (χ2v) is 6.07. The van der Waals surface area contributed by atoms with Crippen LogP contribution >= 0.6 is 0 Å². The van der Waals surface area contributed by atoms with Crippen molar-refractivity contribution in [1.29, 1.82) is 5.26 Å². The lowest BCUT2D eigenvalue weighted by molar-refractivity contribution is -0.143. The van der Waals surface area contributed by atoms with Crippen LogP contribution in [0, 0.1) is 18.3 Å². The number of rotatable bonds is 3. The number of nitriles is 1. The van der Waals surface area contributed by atoms with Gasteiger partial charge in [-0.1, -0.05) is 60.2 Å². The summed E-state index contributed by atoms with van der Waals surface area (Å²) in [4.78, 5) is 12.7. The maximum atomic E-state index is 13.6. The molecule has 0 unspecified atom stereocenters. The van der Waals surface area contributed by atoms with Gasteiger partial charge in [-0.25, -0.2) is 0 Å². The topological polar surface area (TPSA) is 58.1 Å². The van der Waals surface area contributed by atoms with Gasteiger partial charge in [0, 0.05) is 5.56 Å². The van der Waals surface area contributed by atoms with E-state index in [1.54, 1.807) is 60.7 Å². The Labute approximate surface area is 158 Å². The smallest absolute Gasteiger partial charge is 0.266 e. The summed E-state index contributed by atoms with van der Waals surface area (Å²) in [5, 5.41) is 13.1. The van der Waals surface area contributed by atoms with Crippen molar-refractivity contribution in [1.82, 2.24) is 4.68 Å². The Bertz CT molecular complexity index is 1120. The highest BCUT2D eigenvalue weighted by atomic mass is 19.4. The molecule has 3 rings (SSSR count). The third-order valence-corrected chi connectivity index (χ3v) is 4.07. The predicted molar refractivity (Wildman–Crippen MR) is 100 cm³/mol. The third-order valence-electron chi connectivity index (χ3n) is 4.07. The highest BCUT2D eigenvalue weighted by molar-refractivity contribution is 5.79. The zero-order valence-electron chi connectivity index (χ0n) is 14.7. The molecule has 0 bridgehead atoms. The Morgan fingerprint density at radius 2 is 1.71 bits per heavy atom. The molecule has 28 heavy (non-hydrogen) atoms. The van der Waals surface area contributed by atoms with Crippen LogP contribution in [0.1, 0.15) is 22.4 Å². The second kappa shape index (κ2) is 7.53. The maximum absolute atomic E-state index is 13.6. The third kappa shape index (κ3) is 3.86. The van der Waals surface area contributed by atoms with Crippen LogP contribution in [0.25, 0.3) is 11.1 Å². The fourth-order valence-corrected chi connectivity index (χ4v) is 2.65. The van der Waals surface area contributed by atoms with Crippen LogP contribution in [0.5, 0.6) is 0 Å². The molecule has 0 fully saturated rings. The standard InChI is InChI=1S/C21H14F3N3O/c1-14-7-9-16(10-8-14)17-11-19(21(22,23)24)27(20(28)18(17)12-25)26-13-15-5-3-2-4-6-15/h2-11,13H,1H3/b26-13+. The molecule has 0 aliphatic carbocycles. The molecule has 3 aromatic rings. The quantitative estimate of drug-likeness (QED) is 0.623. The van der Waals surface area contributed by atoms with Gasteiger partial charge < -0.3 is 0 Å². The Morgan fingerprint density at radius 3 is 2.29 bits per heavy atom. The molecular formula is C21H14F3N3O. The molecule has 0 saturated heterocycles. The molecule has 0 aliphatic heterocycles. The summed E-state index contributed by atoms with van der Waals surface area (Å²) >= 11 is 0. The van der Waals surface area contributed by atoms with Crippen LogP contribution < -0.4 is 5.56 Å². The minimum absolute atomic E-state index is 0.0778. The summed E-state index contributed by atoms with van der Waals surface area (Å²) in [6.07, 6.45) is -3.69. The molecular weight excluding hydrogens is 367 g/mol. The van der Waals surface area contributed by atoms with Crippen molar-refractivity contribution in [2.45, 2.75) is 13.1 Å². The van der Waals surface area contributed by atoms with Gasteiger partial charge in [0.1, 0.15) is 11.6 Å². The first-order valence-corrected chi connectivity index (χ1v) is 8.25. The summed E-state index contributed by atoms with van der Waals surface area (Å²) in [6.45, 7) is 1.83. The lowest BCUT2D eigenvalue weighted by Gasteiger charge is -2.14. The lowest BCUT2D eigenvalue weighted by Crippen LogP contribution is -2.28. The second-order valence-electron chi connectivity index (χ2n) is 6.07. The summed E-state index contributed by atoms with van der Waals surface area (Å²) in [6, 6.07) is 17.4. The highest BCUT2D eigenvalue weighted by Gasteiger charge is 2.36. The van der Waals surface area contributed by atoms with E-state index >= 15 is 0 Å². The molecule has 0 N–H and O–H groups in total. The van der Waals surface area contributed by atoms with Gasteiger partial charge in [-0.2, -0.15) is 28.2 Å². The van der Waals surface area contributed by atoms with E-state index in [2.05, 4.69) is 5.10 Å². The number of alkyl halides is 3. The number of hydrogen-bond donors (Lipinski definition) is 0. The van der Waals surface area contributed by atoms with Crippen molar-refractivity contribution in [3.63, 3.8) is 0 Å². The maximum Gasteiger partial charge on any atom is 0.433 e. The van der Waals surface area contributed by atoms with Gasteiger partial charge in [0.15, 0.2) is 5.69 Å². The molecule has 2 aromatic carbocycles. The predicted octanol–water partition coefficient (Wildman–Crippen LogP) is 4.60. The van der Waals surface area contributed by atoms with Crippen molar-refractivity contribution in [2.24, 2.45) is 5.10 Å². The van der Waals surface area contributed by atoms with E-state index in [0.717, 1.165) is 17.8 Å².